The number of hydrogen-bond donors (Lipinski definition) is 1. The summed E-state index contributed by atoms with van der Waals surface area (Å²) in [5.41, 5.74) is 1.65. The van der Waals surface area contributed by atoms with Gasteiger partial charge in [0.1, 0.15) is 0 Å². The van der Waals surface area contributed by atoms with Crippen molar-refractivity contribution in [3.05, 3.63) is 65.0 Å². The molecular formula is C18H15ClN2OS2. The van der Waals surface area contributed by atoms with Crippen LogP contribution in [0.3, 0.4) is 0 Å². The molecule has 24 heavy (non-hydrogen) atoms. The second-order valence-electron chi connectivity index (χ2n) is 4.98. The topological polar surface area (TPSA) is 42.0 Å². The number of carbonyl (C=O) groups is 1. The Morgan fingerprint density at radius 1 is 1.12 bits per heavy atom. The van der Waals surface area contributed by atoms with Crippen LogP contribution in [-0.2, 0) is 4.79 Å². The number of anilines is 1. The first-order valence-corrected chi connectivity index (χ1v) is 9.65. The zero-order valence-electron chi connectivity index (χ0n) is 12.7. The summed E-state index contributed by atoms with van der Waals surface area (Å²) in [5, 5.41) is 6.00. The van der Waals surface area contributed by atoms with Gasteiger partial charge in [-0.25, -0.2) is 4.98 Å². The van der Waals surface area contributed by atoms with Crippen LogP contribution in [0.1, 0.15) is 6.42 Å². The van der Waals surface area contributed by atoms with Crippen molar-refractivity contribution in [1.29, 1.82) is 0 Å². The fourth-order valence-corrected chi connectivity index (χ4v) is 3.92. The highest BCUT2D eigenvalue weighted by molar-refractivity contribution is 7.99. The SMILES string of the molecule is O=C(CCSc1ccccc1)Nc1nc(-c2ccccc2Cl)cs1. The van der Waals surface area contributed by atoms with E-state index in [2.05, 4.69) is 10.3 Å². The number of nitrogens with one attached hydrogen (secondary N) is 1. The van der Waals surface area contributed by atoms with E-state index in [1.165, 1.54) is 16.2 Å². The monoisotopic (exact) mass is 374 g/mol. The lowest BCUT2D eigenvalue weighted by atomic mass is 10.2. The van der Waals surface area contributed by atoms with Gasteiger partial charge in [0, 0.05) is 33.0 Å². The highest BCUT2D eigenvalue weighted by Crippen LogP contribution is 2.30. The van der Waals surface area contributed by atoms with Crippen LogP contribution < -0.4 is 5.32 Å². The van der Waals surface area contributed by atoms with Gasteiger partial charge in [0.05, 0.1) is 5.69 Å². The van der Waals surface area contributed by atoms with Crippen LogP contribution in [-0.4, -0.2) is 16.6 Å². The molecule has 0 aliphatic carbocycles. The highest BCUT2D eigenvalue weighted by Gasteiger charge is 2.10. The fourth-order valence-electron chi connectivity index (χ4n) is 2.08. The van der Waals surface area contributed by atoms with E-state index in [9.17, 15) is 4.79 Å². The molecule has 3 nitrogen and oxygen atoms in total. The Balaban J connectivity index is 1.53. The number of hydrogen-bond acceptors (Lipinski definition) is 4. The lowest BCUT2D eigenvalue weighted by molar-refractivity contribution is -0.115. The summed E-state index contributed by atoms with van der Waals surface area (Å²) in [6.45, 7) is 0. The first kappa shape index (κ1) is 17.0. The third kappa shape index (κ3) is 4.60. The number of aromatic nitrogens is 1. The minimum Gasteiger partial charge on any atom is -0.302 e. The van der Waals surface area contributed by atoms with E-state index in [1.807, 2.05) is 60.0 Å². The van der Waals surface area contributed by atoms with Gasteiger partial charge in [-0.1, -0.05) is 48.0 Å². The van der Waals surface area contributed by atoms with Crippen molar-refractivity contribution in [3.8, 4) is 11.3 Å². The van der Waals surface area contributed by atoms with E-state index < -0.39 is 0 Å². The molecule has 0 aliphatic heterocycles. The Labute approximate surface area is 154 Å². The molecule has 0 fully saturated rings. The zero-order valence-corrected chi connectivity index (χ0v) is 15.1. The van der Waals surface area contributed by atoms with E-state index in [0.29, 0.717) is 16.6 Å². The van der Waals surface area contributed by atoms with Gasteiger partial charge in [0.2, 0.25) is 5.91 Å². The molecule has 0 unspecified atom stereocenters. The molecule has 1 heterocycles. The molecule has 0 aliphatic rings. The molecule has 2 aromatic carbocycles. The lowest BCUT2D eigenvalue weighted by Crippen LogP contribution is -2.11. The Bertz CT molecular complexity index is 821. The average Bonchev–Trinajstić information content (AvgIpc) is 3.04. The van der Waals surface area contributed by atoms with E-state index in [0.717, 1.165) is 17.0 Å². The standard InChI is InChI=1S/C18H15ClN2OS2/c19-15-9-5-4-8-14(15)16-12-24-18(20-16)21-17(22)10-11-23-13-6-2-1-3-7-13/h1-9,12H,10-11H2,(H,20,21,22). The summed E-state index contributed by atoms with van der Waals surface area (Å²) in [6.07, 6.45) is 0.445. The van der Waals surface area contributed by atoms with Crippen molar-refractivity contribution < 1.29 is 4.79 Å². The van der Waals surface area contributed by atoms with E-state index >= 15 is 0 Å². The van der Waals surface area contributed by atoms with Gasteiger partial charge in [-0.05, 0) is 18.2 Å². The Morgan fingerprint density at radius 2 is 1.88 bits per heavy atom. The van der Waals surface area contributed by atoms with Crippen molar-refractivity contribution in [3.63, 3.8) is 0 Å². The van der Waals surface area contributed by atoms with Crippen molar-refractivity contribution >= 4 is 45.7 Å². The van der Waals surface area contributed by atoms with Crippen molar-refractivity contribution in [2.24, 2.45) is 0 Å². The van der Waals surface area contributed by atoms with Crippen LogP contribution in [0.25, 0.3) is 11.3 Å². The largest absolute Gasteiger partial charge is 0.302 e. The molecular weight excluding hydrogens is 360 g/mol. The molecule has 1 amide bonds. The van der Waals surface area contributed by atoms with Gasteiger partial charge in [0.25, 0.3) is 0 Å². The normalized spacial score (nSPS) is 10.5. The Hall–Kier alpha value is -1.82. The summed E-state index contributed by atoms with van der Waals surface area (Å²) in [6, 6.07) is 17.6. The molecule has 0 saturated carbocycles. The molecule has 3 rings (SSSR count). The second kappa shape index (κ2) is 8.33. The third-order valence-corrected chi connectivity index (χ3v) is 5.34. The molecule has 0 bridgehead atoms. The summed E-state index contributed by atoms with van der Waals surface area (Å²) in [7, 11) is 0. The van der Waals surface area contributed by atoms with Crippen LogP contribution in [0, 0.1) is 0 Å². The van der Waals surface area contributed by atoms with Gasteiger partial charge in [-0.2, -0.15) is 0 Å². The van der Waals surface area contributed by atoms with Crippen LogP contribution in [0.15, 0.2) is 64.9 Å². The number of thioether (sulfide) groups is 1. The van der Waals surface area contributed by atoms with Gasteiger partial charge < -0.3 is 5.32 Å². The van der Waals surface area contributed by atoms with Gasteiger partial charge >= 0.3 is 0 Å². The minimum absolute atomic E-state index is 0.0292. The predicted molar refractivity (Wildman–Crippen MR) is 103 cm³/mol. The van der Waals surface area contributed by atoms with Crippen molar-refractivity contribution in [2.75, 3.05) is 11.1 Å². The summed E-state index contributed by atoms with van der Waals surface area (Å²) < 4.78 is 0. The maximum absolute atomic E-state index is 12.0. The highest BCUT2D eigenvalue weighted by atomic mass is 35.5. The number of rotatable bonds is 6. The fraction of sp³-hybridized carbons (Fsp3) is 0.111. The summed E-state index contributed by atoms with van der Waals surface area (Å²) in [5.74, 6) is 0.706. The van der Waals surface area contributed by atoms with Crippen molar-refractivity contribution in [1.82, 2.24) is 4.98 Å². The van der Waals surface area contributed by atoms with Gasteiger partial charge in [-0.3, -0.25) is 4.79 Å². The molecule has 122 valence electrons. The maximum Gasteiger partial charge on any atom is 0.226 e. The molecule has 6 heteroatoms. The summed E-state index contributed by atoms with van der Waals surface area (Å²) in [4.78, 5) is 17.6. The van der Waals surface area contributed by atoms with Gasteiger partial charge in [-0.15, -0.1) is 23.1 Å². The number of carbonyl (C=O) groups excluding carboxylic acids is 1. The summed E-state index contributed by atoms with van der Waals surface area (Å²) >= 11 is 9.25. The molecule has 0 atom stereocenters. The molecule has 1 N–H and O–H groups in total. The second-order valence-corrected chi connectivity index (χ2v) is 7.41. The number of nitrogens with zero attached hydrogens (tertiary/aromatic N) is 1. The van der Waals surface area contributed by atoms with Gasteiger partial charge in [0.15, 0.2) is 5.13 Å². The van der Waals surface area contributed by atoms with Crippen LogP contribution in [0.4, 0.5) is 5.13 Å². The van der Waals surface area contributed by atoms with E-state index in [4.69, 9.17) is 11.6 Å². The zero-order chi connectivity index (χ0) is 16.8. The van der Waals surface area contributed by atoms with Crippen LogP contribution >= 0.6 is 34.7 Å². The number of benzene rings is 2. The van der Waals surface area contributed by atoms with E-state index in [-0.39, 0.29) is 5.91 Å². The lowest BCUT2D eigenvalue weighted by Gasteiger charge is -2.02. The Kier molecular flexibility index (Phi) is 5.91. The third-order valence-electron chi connectivity index (χ3n) is 3.24. The predicted octanol–water partition coefficient (Wildman–Crippen LogP) is 5.58. The molecule has 1 aromatic heterocycles. The number of thiazole rings is 1. The first-order valence-electron chi connectivity index (χ1n) is 7.40. The molecule has 0 radical (unpaired) electrons. The number of amides is 1. The Morgan fingerprint density at radius 3 is 2.67 bits per heavy atom. The number of halogens is 1. The quantitative estimate of drug-likeness (QED) is 0.572. The minimum atomic E-state index is -0.0292. The molecule has 3 aromatic rings. The van der Waals surface area contributed by atoms with Crippen LogP contribution in [0.2, 0.25) is 5.02 Å². The average molecular weight is 375 g/mol. The van der Waals surface area contributed by atoms with Crippen molar-refractivity contribution in [2.45, 2.75) is 11.3 Å². The first-order chi connectivity index (χ1) is 11.7. The van der Waals surface area contributed by atoms with E-state index in [1.54, 1.807) is 11.8 Å². The molecule has 0 saturated heterocycles. The smallest absolute Gasteiger partial charge is 0.226 e. The van der Waals surface area contributed by atoms with Crippen LogP contribution in [0.5, 0.6) is 0 Å². The maximum atomic E-state index is 12.0. The molecule has 0 spiro atoms.